The number of nitrogens with one attached hydrogen (secondary N) is 1. The normalized spacial score (nSPS) is 10.8. The molecule has 0 fully saturated rings. The lowest BCUT2D eigenvalue weighted by atomic mass is 10.1. The highest BCUT2D eigenvalue weighted by Gasteiger charge is 2.12. The van der Waals surface area contributed by atoms with E-state index in [2.05, 4.69) is 33.8 Å². The molecule has 2 aromatic heterocycles. The van der Waals surface area contributed by atoms with Gasteiger partial charge in [-0.1, -0.05) is 35.5 Å². The molecule has 28 heavy (non-hydrogen) atoms. The number of aromatic nitrogens is 2. The third-order valence-electron chi connectivity index (χ3n) is 4.46. The van der Waals surface area contributed by atoms with Crippen molar-refractivity contribution in [2.45, 2.75) is 13.3 Å². The van der Waals surface area contributed by atoms with Gasteiger partial charge in [-0.2, -0.15) is 4.98 Å². The summed E-state index contributed by atoms with van der Waals surface area (Å²) < 4.78 is 5.36. The van der Waals surface area contributed by atoms with E-state index in [1.807, 2.05) is 42.5 Å². The molecule has 4 aromatic rings. The summed E-state index contributed by atoms with van der Waals surface area (Å²) in [6, 6.07) is 18.9. The summed E-state index contributed by atoms with van der Waals surface area (Å²) in [4.78, 5) is 18.1. The molecule has 0 atom stereocenters. The first kappa shape index (κ1) is 18.1. The average Bonchev–Trinajstić information content (AvgIpc) is 3.38. The minimum absolute atomic E-state index is 0.0868. The van der Waals surface area contributed by atoms with Crippen molar-refractivity contribution < 1.29 is 9.32 Å². The molecule has 1 amide bonds. The summed E-state index contributed by atoms with van der Waals surface area (Å²) in [5.74, 6) is 0.886. The first-order valence-corrected chi connectivity index (χ1v) is 9.89. The molecule has 0 aliphatic heterocycles. The Bertz CT molecular complexity index is 1070. The molecule has 6 heteroatoms. The third-order valence-corrected chi connectivity index (χ3v) is 5.54. The van der Waals surface area contributed by atoms with Crippen molar-refractivity contribution in [1.82, 2.24) is 15.5 Å². The molecule has 1 N–H and O–H groups in total. The lowest BCUT2D eigenvalue weighted by Crippen LogP contribution is -2.25. The molecule has 2 heterocycles. The van der Waals surface area contributed by atoms with E-state index in [-0.39, 0.29) is 5.91 Å². The molecule has 0 aliphatic carbocycles. The van der Waals surface area contributed by atoms with Gasteiger partial charge in [0, 0.05) is 28.1 Å². The van der Waals surface area contributed by atoms with Gasteiger partial charge in [-0.3, -0.25) is 4.79 Å². The number of hydrogen-bond donors (Lipinski definition) is 1. The van der Waals surface area contributed by atoms with E-state index < -0.39 is 0 Å². The zero-order valence-electron chi connectivity index (χ0n) is 15.4. The molecular formula is C22H19N3O2S. The molecule has 140 valence electrons. The number of aryl methyl sites for hydroxylation is 1. The van der Waals surface area contributed by atoms with Gasteiger partial charge in [0.25, 0.3) is 11.8 Å². The first-order valence-electron chi connectivity index (χ1n) is 9.01. The van der Waals surface area contributed by atoms with Crippen LogP contribution in [0.5, 0.6) is 0 Å². The van der Waals surface area contributed by atoms with Crippen LogP contribution in [0.25, 0.3) is 22.8 Å². The summed E-state index contributed by atoms with van der Waals surface area (Å²) >= 11 is 1.72. The van der Waals surface area contributed by atoms with Crippen molar-refractivity contribution in [2.75, 3.05) is 6.54 Å². The van der Waals surface area contributed by atoms with E-state index in [1.54, 1.807) is 23.5 Å². The van der Waals surface area contributed by atoms with Crippen LogP contribution in [-0.2, 0) is 6.42 Å². The minimum atomic E-state index is -0.0868. The van der Waals surface area contributed by atoms with Gasteiger partial charge < -0.3 is 9.84 Å². The van der Waals surface area contributed by atoms with Gasteiger partial charge in [0.2, 0.25) is 5.82 Å². The van der Waals surface area contributed by atoms with Crippen LogP contribution in [0.1, 0.15) is 20.8 Å². The van der Waals surface area contributed by atoms with Crippen LogP contribution in [-0.4, -0.2) is 22.6 Å². The highest BCUT2D eigenvalue weighted by molar-refractivity contribution is 7.10. The molecule has 0 saturated heterocycles. The van der Waals surface area contributed by atoms with Gasteiger partial charge in [-0.15, -0.1) is 11.3 Å². The summed E-state index contributed by atoms with van der Waals surface area (Å²) in [6.07, 6.45) is 0.845. The molecule has 5 nitrogen and oxygen atoms in total. The van der Waals surface area contributed by atoms with Crippen LogP contribution < -0.4 is 5.32 Å². The third kappa shape index (κ3) is 4.02. The van der Waals surface area contributed by atoms with Crippen molar-refractivity contribution in [2.24, 2.45) is 0 Å². The molecule has 2 aromatic carbocycles. The standard InChI is InChI=1S/C22H19N3O2S/c1-15-12-14-28-19(15)11-13-23-21(26)17-7-9-18(10-8-17)22-24-20(25-27-22)16-5-3-2-4-6-16/h2-10,12,14H,11,13H2,1H3,(H,23,26). The summed E-state index contributed by atoms with van der Waals surface area (Å²) in [6.45, 7) is 2.71. The van der Waals surface area contributed by atoms with Crippen molar-refractivity contribution in [3.05, 3.63) is 82.0 Å². The molecule has 0 spiro atoms. The fourth-order valence-corrected chi connectivity index (χ4v) is 3.77. The average molecular weight is 389 g/mol. The zero-order chi connectivity index (χ0) is 19.3. The lowest BCUT2D eigenvalue weighted by molar-refractivity contribution is 0.0954. The second-order valence-electron chi connectivity index (χ2n) is 6.40. The fraction of sp³-hybridized carbons (Fsp3) is 0.136. The zero-order valence-corrected chi connectivity index (χ0v) is 16.2. The van der Waals surface area contributed by atoms with Crippen LogP contribution in [0, 0.1) is 6.92 Å². The number of hydrogen-bond acceptors (Lipinski definition) is 5. The van der Waals surface area contributed by atoms with Gasteiger partial charge in [-0.25, -0.2) is 0 Å². The molecule has 0 bridgehead atoms. The lowest BCUT2D eigenvalue weighted by Gasteiger charge is -2.05. The van der Waals surface area contributed by atoms with Crippen molar-refractivity contribution in [3.63, 3.8) is 0 Å². The molecule has 0 saturated carbocycles. The number of rotatable bonds is 6. The Morgan fingerprint density at radius 2 is 1.82 bits per heavy atom. The highest BCUT2D eigenvalue weighted by atomic mass is 32.1. The predicted molar refractivity (Wildman–Crippen MR) is 110 cm³/mol. The summed E-state index contributed by atoms with van der Waals surface area (Å²) in [5, 5.41) is 9.07. The Balaban J connectivity index is 1.39. The van der Waals surface area contributed by atoms with Crippen molar-refractivity contribution in [1.29, 1.82) is 0 Å². The Labute approximate surface area is 167 Å². The largest absolute Gasteiger partial charge is 0.352 e. The van der Waals surface area contributed by atoms with E-state index in [0.29, 0.717) is 23.8 Å². The van der Waals surface area contributed by atoms with E-state index in [0.717, 1.165) is 17.5 Å². The van der Waals surface area contributed by atoms with Crippen LogP contribution in [0.4, 0.5) is 0 Å². The maximum atomic E-state index is 12.3. The quantitative estimate of drug-likeness (QED) is 0.517. The monoisotopic (exact) mass is 389 g/mol. The molecule has 0 radical (unpaired) electrons. The minimum Gasteiger partial charge on any atom is -0.352 e. The van der Waals surface area contributed by atoms with Crippen LogP contribution in [0.15, 0.2) is 70.6 Å². The Kier molecular flexibility index (Phi) is 5.30. The van der Waals surface area contributed by atoms with Crippen molar-refractivity contribution in [3.8, 4) is 22.8 Å². The van der Waals surface area contributed by atoms with E-state index >= 15 is 0 Å². The van der Waals surface area contributed by atoms with Crippen molar-refractivity contribution >= 4 is 17.2 Å². The first-order chi connectivity index (χ1) is 13.7. The number of amides is 1. The number of carbonyl (C=O) groups is 1. The van der Waals surface area contributed by atoms with Crippen LogP contribution in [0.2, 0.25) is 0 Å². The van der Waals surface area contributed by atoms with Gasteiger partial charge in [-0.05, 0) is 54.6 Å². The Morgan fingerprint density at radius 1 is 1.04 bits per heavy atom. The number of carbonyl (C=O) groups excluding carboxylic acids is 1. The second-order valence-corrected chi connectivity index (χ2v) is 7.40. The maximum Gasteiger partial charge on any atom is 0.258 e. The second kappa shape index (κ2) is 8.19. The SMILES string of the molecule is Cc1ccsc1CCNC(=O)c1ccc(-c2nc(-c3ccccc3)no2)cc1. The molecule has 0 aliphatic rings. The predicted octanol–water partition coefficient (Wildman–Crippen LogP) is 4.75. The molecule has 0 unspecified atom stereocenters. The Morgan fingerprint density at radius 3 is 2.54 bits per heavy atom. The topological polar surface area (TPSA) is 68.0 Å². The van der Waals surface area contributed by atoms with Gasteiger partial charge in [0.1, 0.15) is 0 Å². The van der Waals surface area contributed by atoms with Gasteiger partial charge in [0.05, 0.1) is 0 Å². The number of thiophene rings is 1. The highest BCUT2D eigenvalue weighted by Crippen LogP contribution is 2.22. The number of nitrogens with zero attached hydrogens (tertiary/aromatic N) is 2. The maximum absolute atomic E-state index is 12.3. The molecule has 4 rings (SSSR count). The number of benzene rings is 2. The van der Waals surface area contributed by atoms with Crippen LogP contribution in [0.3, 0.4) is 0 Å². The fourth-order valence-electron chi connectivity index (χ4n) is 2.86. The van der Waals surface area contributed by atoms with Gasteiger partial charge in [0.15, 0.2) is 0 Å². The van der Waals surface area contributed by atoms with E-state index in [9.17, 15) is 4.79 Å². The van der Waals surface area contributed by atoms with E-state index in [1.165, 1.54) is 10.4 Å². The van der Waals surface area contributed by atoms with E-state index in [4.69, 9.17) is 4.52 Å². The summed E-state index contributed by atoms with van der Waals surface area (Å²) in [5.41, 5.74) is 3.56. The summed E-state index contributed by atoms with van der Waals surface area (Å²) in [7, 11) is 0. The smallest absolute Gasteiger partial charge is 0.258 e. The van der Waals surface area contributed by atoms with Gasteiger partial charge >= 0.3 is 0 Å². The molecular weight excluding hydrogens is 370 g/mol. The Hall–Kier alpha value is -3.25. The van der Waals surface area contributed by atoms with Crippen LogP contribution >= 0.6 is 11.3 Å².